The number of hydrogen-bond donors (Lipinski definition) is 1. The second-order valence-electron chi connectivity index (χ2n) is 4.36. The third kappa shape index (κ3) is 3.10. The molecule has 110 valence electrons. The van der Waals surface area contributed by atoms with Gasteiger partial charge >= 0.3 is 6.01 Å². The molecular formula is C15H9Cl2N3O2. The molecule has 7 heteroatoms. The van der Waals surface area contributed by atoms with E-state index < -0.39 is 5.91 Å². The van der Waals surface area contributed by atoms with Crippen molar-refractivity contribution in [3.8, 4) is 11.5 Å². The Bertz CT molecular complexity index is 819. The van der Waals surface area contributed by atoms with Crippen LogP contribution in [0.15, 0.2) is 52.9 Å². The normalized spacial score (nSPS) is 10.5. The fourth-order valence-corrected chi connectivity index (χ4v) is 2.30. The number of rotatable bonds is 3. The van der Waals surface area contributed by atoms with E-state index in [2.05, 4.69) is 15.5 Å². The summed E-state index contributed by atoms with van der Waals surface area (Å²) in [5, 5.41) is 10.9. The summed E-state index contributed by atoms with van der Waals surface area (Å²) in [4.78, 5) is 12.1. The molecular weight excluding hydrogens is 325 g/mol. The van der Waals surface area contributed by atoms with Crippen LogP contribution in [0.3, 0.4) is 0 Å². The smallest absolute Gasteiger partial charge is 0.322 e. The molecule has 0 spiro atoms. The minimum absolute atomic E-state index is 0.00475. The molecule has 1 aromatic heterocycles. The average molecular weight is 334 g/mol. The van der Waals surface area contributed by atoms with Crippen LogP contribution in [0.1, 0.15) is 10.4 Å². The van der Waals surface area contributed by atoms with E-state index in [4.69, 9.17) is 27.6 Å². The first-order valence-corrected chi connectivity index (χ1v) is 7.04. The lowest BCUT2D eigenvalue weighted by Gasteiger charge is -2.03. The molecule has 0 saturated carbocycles. The highest BCUT2D eigenvalue weighted by Crippen LogP contribution is 2.23. The van der Waals surface area contributed by atoms with E-state index in [9.17, 15) is 4.79 Å². The van der Waals surface area contributed by atoms with Crippen LogP contribution in [0.25, 0.3) is 11.5 Å². The molecule has 0 fully saturated rings. The number of aromatic nitrogens is 2. The van der Waals surface area contributed by atoms with Crippen molar-refractivity contribution >= 4 is 35.1 Å². The number of nitrogens with one attached hydrogen (secondary N) is 1. The van der Waals surface area contributed by atoms with Crippen LogP contribution in [0, 0.1) is 0 Å². The Balaban J connectivity index is 1.79. The Morgan fingerprint density at radius 1 is 1.05 bits per heavy atom. The number of carbonyl (C=O) groups excluding carboxylic acids is 1. The van der Waals surface area contributed by atoms with Gasteiger partial charge in [0.05, 0.1) is 10.6 Å². The maximum atomic E-state index is 12.1. The fraction of sp³-hybridized carbons (Fsp3) is 0. The summed E-state index contributed by atoms with van der Waals surface area (Å²) >= 11 is 11.8. The van der Waals surface area contributed by atoms with Crippen molar-refractivity contribution in [3.63, 3.8) is 0 Å². The number of nitrogens with zero attached hydrogens (tertiary/aromatic N) is 2. The van der Waals surface area contributed by atoms with Gasteiger partial charge in [-0.1, -0.05) is 46.5 Å². The molecule has 1 amide bonds. The molecule has 0 radical (unpaired) electrons. The summed E-state index contributed by atoms with van der Waals surface area (Å²) in [6.07, 6.45) is 0. The van der Waals surface area contributed by atoms with Gasteiger partial charge in [0.25, 0.3) is 5.91 Å². The molecule has 5 nitrogen and oxygen atoms in total. The van der Waals surface area contributed by atoms with E-state index in [1.807, 2.05) is 30.3 Å². The van der Waals surface area contributed by atoms with Gasteiger partial charge in [0.2, 0.25) is 5.89 Å². The quantitative estimate of drug-likeness (QED) is 0.776. The first-order valence-electron chi connectivity index (χ1n) is 6.29. The lowest BCUT2D eigenvalue weighted by Crippen LogP contribution is -2.12. The summed E-state index contributed by atoms with van der Waals surface area (Å²) in [7, 11) is 0. The predicted octanol–water partition coefficient (Wildman–Crippen LogP) is 4.30. The summed E-state index contributed by atoms with van der Waals surface area (Å²) < 4.78 is 5.40. The van der Waals surface area contributed by atoms with Crippen LogP contribution in [-0.2, 0) is 0 Å². The van der Waals surface area contributed by atoms with Crippen molar-refractivity contribution in [3.05, 3.63) is 64.1 Å². The highest BCUT2D eigenvalue weighted by Gasteiger charge is 2.15. The first-order chi connectivity index (χ1) is 10.6. The van der Waals surface area contributed by atoms with E-state index in [0.29, 0.717) is 10.9 Å². The highest BCUT2D eigenvalue weighted by atomic mass is 35.5. The Hall–Kier alpha value is -2.37. The van der Waals surface area contributed by atoms with Crippen LogP contribution in [-0.4, -0.2) is 16.1 Å². The number of halogens is 2. The van der Waals surface area contributed by atoms with Crippen LogP contribution in [0.2, 0.25) is 10.0 Å². The van der Waals surface area contributed by atoms with Gasteiger partial charge in [-0.25, -0.2) is 0 Å². The van der Waals surface area contributed by atoms with Crippen LogP contribution in [0.4, 0.5) is 6.01 Å². The van der Waals surface area contributed by atoms with Gasteiger partial charge < -0.3 is 4.42 Å². The van der Waals surface area contributed by atoms with E-state index in [-0.39, 0.29) is 16.6 Å². The van der Waals surface area contributed by atoms with Gasteiger partial charge in [0, 0.05) is 10.6 Å². The lowest BCUT2D eigenvalue weighted by atomic mass is 10.2. The molecule has 0 atom stereocenters. The zero-order chi connectivity index (χ0) is 15.5. The van der Waals surface area contributed by atoms with Gasteiger partial charge in [0.15, 0.2) is 0 Å². The topological polar surface area (TPSA) is 68.0 Å². The minimum Gasteiger partial charge on any atom is -0.403 e. The second kappa shape index (κ2) is 6.17. The maximum absolute atomic E-state index is 12.1. The summed E-state index contributed by atoms with van der Waals surface area (Å²) in [6.45, 7) is 0. The fourth-order valence-electron chi connectivity index (χ4n) is 1.81. The Kier molecular flexibility index (Phi) is 4.09. The number of hydrogen-bond acceptors (Lipinski definition) is 4. The number of anilines is 1. The summed E-state index contributed by atoms with van der Waals surface area (Å²) in [6, 6.07) is 13.8. The Labute approximate surface area is 135 Å². The van der Waals surface area contributed by atoms with Crippen molar-refractivity contribution in [1.82, 2.24) is 10.2 Å². The van der Waals surface area contributed by atoms with E-state index in [0.717, 1.165) is 5.56 Å². The van der Waals surface area contributed by atoms with Crippen molar-refractivity contribution in [2.45, 2.75) is 0 Å². The first kappa shape index (κ1) is 14.6. The van der Waals surface area contributed by atoms with Gasteiger partial charge in [-0.05, 0) is 30.3 Å². The van der Waals surface area contributed by atoms with Crippen molar-refractivity contribution < 1.29 is 9.21 Å². The molecule has 22 heavy (non-hydrogen) atoms. The molecule has 0 aliphatic heterocycles. The van der Waals surface area contributed by atoms with Crippen molar-refractivity contribution in [2.24, 2.45) is 0 Å². The molecule has 3 rings (SSSR count). The maximum Gasteiger partial charge on any atom is 0.322 e. The SMILES string of the molecule is O=C(Nc1nnc(-c2ccccc2)o1)c1ccc(Cl)cc1Cl. The molecule has 0 saturated heterocycles. The van der Waals surface area contributed by atoms with Crippen molar-refractivity contribution in [2.75, 3.05) is 5.32 Å². The molecule has 0 aliphatic rings. The van der Waals surface area contributed by atoms with Gasteiger partial charge in [-0.2, -0.15) is 0 Å². The zero-order valence-electron chi connectivity index (χ0n) is 11.1. The molecule has 3 aromatic rings. The molecule has 0 unspecified atom stereocenters. The van der Waals surface area contributed by atoms with Gasteiger partial charge in [-0.3, -0.25) is 10.1 Å². The zero-order valence-corrected chi connectivity index (χ0v) is 12.6. The van der Waals surface area contributed by atoms with Gasteiger partial charge in [0.1, 0.15) is 0 Å². The molecule has 1 N–H and O–H groups in total. The minimum atomic E-state index is -0.454. The monoisotopic (exact) mass is 333 g/mol. The molecule has 0 bridgehead atoms. The van der Waals surface area contributed by atoms with E-state index >= 15 is 0 Å². The third-order valence-electron chi connectivity index (χ3n) is 2.84. The molecule has 0 aliphatic carbocycles. The van der Waals surface area contributed by atoms with Gasteiger partial charge in [-0.15, -0.1) is 5.10 Å². The number of carbonyl (C=O) groups is 1. The average Bonchev–Trinajstić information content (AvgIpc) is 2.96. The van der Waals surface area contributed by atoms with Crippen LogP contribution < -0.4 is 5.32 Å². The Morgan fingerprint density at radius 2 is 1.82 bits per heavy atom. The summed E-state index contributed by atoms with van der Waals surface area (Å²) in [5.74, 6) is -0.136. The second-order valence-corrected chi connectivity index (χ2v) is 5.20. The third-order valence-corrected chi connectivity index (χ3v) is 3.39. The van der Waals surface area contributed by atoms with Crippen molar-refractivity contribution in [1.29, 1.82) is 0 Å². The number of amides is 1. The molecule has 1 heterocycles. The van der Waals surface area contributed by atoms with E-state index in [1.165, 1.54) is 12.1 Å². The van der Waals surface area contributed by atoms with E-state index in [1.54, 1.807) is 6.07 Å². The lowest BCUT2D eigenvalue weighted by molar-refractivity contribution is 0.102. The molecule has 2 aromatic carbocycles. The highest BCUT2D eigenvalue weighted by molar-refractivity contribution is 6.37. The number of benzene rings is 2. The standard InChI is InChI=1S/C15H9Cl2N3O2/c16-10-6-7-11(12(17)8-10)13(21)18-15-20-19-14(22-15)9-4-2-1-3-5-9/h1-8H,(H,18,20,21). The van der Waals surface area contributed by atoms with Crippen LogP contribution in [0.5, 0.6) is 0 Å². The predicted molar refractivity (Wildman–Crippen MR) is 84.1 cm³/mol. The van der Waals surface area contributed by atoms with Crippen LogP contribution >= 0.6 is 23.2 Å². The summed E-state index contributed by atoms with van der Waals surface area (Å²) in [5.41, 5.74) is 1.03. The largest absolute Gasteiger partial charge is 0.403 e. The Morgan fingerprint density at radius 3 is 2.55 bits per heavy atom.